The first-order valence-electron chi connectivity index (χ1n) is 6.36. The maximum atomic E-state index is 11.7. The van der Waals surface area contributed by atoms with E-state index in [1.54, 1.807) is 24.3 Å². The molecule has 0 spiro atoms. The molecule has 1 aromatic carbocycles. The van der Waals surface area contributed by atoms with Gasteiger partial charge in [0.15, 0.2) is 0 Å². The fourth-order valence-electron chi connectivity index (χ4n) is 1.94. The minimum absolute atomic E-state index is 0.0418. The molecule has 20 heavy (non-hydrogen) atoms. The summed E-state index contributed by atoms with van der Waals surface area (Å²) in [4.78, 5) is 22.7. The smallest absolute Gasteiger partial charge is 0.326 e. The van der Waals surface area contributed by atoms with Crippen molar-refractivity contribution in [3.8, 4) is 6.07 Å². The number of aliphatic carboxylic acids is 1. The highest BCUT2D eigenvalue weighted by Gasteiger charge is 2.37. The van der Waals surface area contributed by atoms with Crippen molar-refractivity contribution >= 4 is 12.0 Å². The Kier molecular flexibility index (Phi) is 4.20. The molecule has 1 aliphatic carbocycles. The summed E-state index contributed by atoms with van der Waals surface area (Å²) in [6.07, 6.45) is 1.67. The summed E-state index contributed by atoms with van der Waals surface area (Å²) in [6, 6.07) is 7.57. The van der Waals surface area contributed by atoms with Crippen molar-refractivity contribution in [2.45, 2.75) is 25.4 Å². The Morgan fingerprint density at radius 3 is 2.80 bits per heavy atom. The van der Waals surface area contributed by atoms with Crippen LogP contribution in [0.2, 0.25) is 0 Å². The molecule has 2 amide bonds. The van der Waals surface area contributed by atoms with Gasteiger partial charge in [0.05, 0.1) is 11.6 Å². The molecule has 2 rings (SSSR count). The van der Waals surface area contributed by atoms with E-state index in [2.05, 4.69) is 10.6 Å². The number of carbonyl (C=O) groups excluding carboxylic acids is 1. The van der Waals surface area contributed by atoms with Gasteiger partial charge in [-0.3, -0.25) is 0 Å². The highest BCUT2D eigenvalue weighted by Crippen LogP contribution is 2.32. The van der Waals surface area contributed by atoms with Gasteiger partial charge in [-0.1, -0.05) is 12.1 Å². The Bertz CT molecular complexity index is 561. The van der Waals surface area contributed by atoms with E-state index < -0.39 is 18.0 Å². The molecule has 1 aliphatic rings. The van der Waals surface area contributed by atoms with Gasteiger partial charge < -0.3 is 15.7 Å². The number of amides is 2. The van der Waals surface area contributed by atoms with E-state index in [9.17, 15) is 9.59 Å². The summed E-state index contributed by atoms with van der Waals surface area (Å²) in [5, 5.41) is 22.8. The normalized spacial score (nSPS) is 14.9. The topological polar surface area (TPSA) is 102 Å². The largest absolute Gasteiger partial charge is 0.480 e. The SMILES string of the molecule is N#Cc1cccc(CNC(=O)NC(C(=O)O)C2CC2)c1. The number of hydrogen-bond acceptors (Lipinski definition) is 3. The highest BCUT2D eigenvalue weighted by atomic mass is 16.4. The van der Waals surface area contributed by atoms with Gasteiger partial charge in [-0.05, 0) is 36.5 Å². The van der Waals surface area contributed by atoms with Crippen molar-refractivity contribution in [1.82, 2.24) is 10.6 Å². The monoisotopic (exact) mass is 273 g/mol. The average molecular weight is 273 g/mol. The molecular formula is C14H15N3O3. The van der Waals surface area contributed by atoms with E-state index in [1.807, 2.05) is 6.07 Å². The van der Waals surface area contributed by atoms with Crippen LogP contribution in [0.5, 0.6) is 0 Å². The maximum Gasteiger partial charge on any atom is 0.326 e. The second kappa shape index (κ2) is 6.06. The first-order chi connectivity index (χ1) is 9.60. The lowest BCUT2D eigenvalue weighted by Gasteiger charge is -2.14. The van der Waals surface area contributed by atoms with E-state index in [1.165, 1.54) is 0 Å². The molecule has 6 nitrogen and oxygen atoms in total. The van der Waals surface area contributed by atoms with Crippen LogP contribution in [0, 0.1) is 17.2 Å². The van der Waals surface area contributed by atoms with Crippen LogP contribution in [0.25, 0.3) is 0 Å². The molecule has 0 heterocycles. The van der Waals surface area contributed by atoms with Crippen LogP contribution in [0.1, 0.15) is 24.0 Å². The number of nitrogens with zero attached hydrogens (tertiary/aromatic N) is 1. The molecule has 1 unspecified atom stereocenters. The van der Waals surface area contributed by atoms with Gasteiger partial charge in [0, 0.05) is 6.54 Å². The molecule has 1 fully saturated rings. The zero-order chi connectivity index (χ0) is 14.5. The van der Waals surface area contributed by atoms with Crippen molar-refractivity contribution in [2.75, 3.05) is 0 Å². The summed E-state index contributed by atoms with van der Waals surface area (Å²) >= 11 is 0. The zero-order valence-electron chi connectivity index (χ0n) is 10.8. The molecule has 0 radical (unpaired) electrons. The number of hydrogen-bond donors (Lipinski definition) is 3. The molecule has 1 saturated carbocycles. The van der Waals surface area contributed by atoms with Crippen LogP contribution < -0.4 is 10.6 Å². The number of carboxylic acid groups (broad SMARTS) is 1. The number of rotatable bonds is 5. The van der Waals surface area contributed by atoms with E-state index in [0.717, 1.165) is 18.4 Å². The Hall–Kier alpha value is -2.55. The standard InChI is InChI=1S/C14H15N3O3/c15-7-9-2-1-3-10(6-9)8-16-14(20)17-12(13(18)19)11-4-5-11/h1-3,6,11-12H,4-5,8H2,(H,18,19)(H2,16,17,20). The maximum absolute atomic E-state index is 11.7. The molecule has 3 N–H and O–H groups in total. The number of urea groups is 1. The fourth-order valence-corrected chi connectivity index (χ4v) is 1.94. The van der Waals surface area contributed by atoms with Gasteiger partial charge in [0.25, 0.3) is 0 Å². The molecule has 0 bridgehead atoms. The van der Waals surface area contributed by atoms with Gasteiger partial charge >= 0.3 is 12.0 Å². The van der Waals surface area contributed by atoms with Gasteiger partial charge in [0.1, 0.15) is 6.04 Å². The second-order valence-corrected chi connectivity index (χ2v) is 4.79. The lowest BCUT2D eigenvalue weighted by atomic mass is 10.1. The number of carbonyl (C=O) groups is 2. The minimum Gasteiger partial charge on any atom is -0.480 e. The lowest BCUT2D eigenvalue weighted by Crippen LogP contribution is -2.46. The number of benzene rings is 1. The van der Waals surface area contributed by atoms with Gasteiger partial charge in [-0.15, -0.1) is 0 Å². The third-order valence-electron chi connectivity index (χ3n) is 3.16. The summed E-state index contributed by atoms with van der Waals surface area (Å²) in [5.41, 5.74) is 1.31. The molecular weight excluding hydrogens is 258 g/mol. The number of carboxylic acids is 1. The quantitative estimate of drug-likeness (QED) is 0.750. The molecule has 0 saturated heterocycles. The average Bonchev–Trinajstić information content (AvgIpc) is 3.27. The van der Waals surface area contributed by atoms with E-state index in [-0.39, 0.29) is 12.5 Å². The molecule has 1 aromatic rings. The molecule has 104 valence electrons. The van der Waals surface area contributed by atoms with Crippen LogP contribution in [0.15, 0.2) is 24.3 Å². The summed E-state index contributed by atoms with van der Waals surface area (Å²) in [6.45, 7) is 0.248. The molecule has 0 aromatic heterocycles. The summed E-state index contributed by atoms with van der Waals surface area (Å²) < 4.78 is 0. The van der Waals surface area contributed by atoms with E-state index in [0.29, 0.717) is 5.56 Å². The van der Waals surface area contributed by atoms with Gasteiger partial charge in [-0.2, -0.15) is 5.26 Å². The van der Waals surface area contributed by atoms with Crippen molar-refractivity contribution in [3.63, 3.8) is 0 Å². The van der Waals surface area contributed by atoms with Gasteiger partial charge in [0.2, 0.25) is 0 Å². The fraction of sp³-hybridized carbons (Fsp3) is 0.357. The molecule has 6 heteroatoms. The van der Waals surface area contributed by atoms with Crippen LogP contribution in [-0.2, 0) is 11.3 Å². The first kappa shape index (κ1) is 13.9. The predicted molar refractivity (Wildman–Crippen MR) is 70.7 cm³/mol. The van der Waals surface area contributed by atoms with Crippen LogP contribution in [-0.4, -0.2) is 23.1 Å². The zero-order valence-corrected chi connectivity index (χ0v) is 10.8. The Balaban J connectivity index is 1.85. The summed E-state index contributed by atoms with van der Waals surface area (Å²) in [5.74, 6) is -0.964. The van der Waals surface area contributed by atoms with Crippen molar-refractivity contribution in [3.05, 3.63) is 35.4 Å². The van der Waals surface area contributed by atoms with Crippen molar-refractivity contribution in [2.24, 2.45) is 5.92 Å². The molecule has 0 aliphatic heterocycles. The highest BCUT2D eigenvalue weighted by molar-refractivity contribution is 5.83. The second-order valence-electron chi connectivity index (χ2n) is 4.79. The van der Waals surface area contributed by atoms with E-state index in [4.69, 9.17) is 10.4 Å². The summed E-state index contributed by atoms with van der Waals surface area (Å²) in [7, 11) is 0. The predicted octanol–water partition coefficient (Wildman–Crippen LogP) is 1.22. The lowest BCUT2D eigenvalue weighted by molar-refractivity contribution is -0.139. The minimum atomic E-state index is -1.01. The third-order valence-corrected chi connectivity index (χ3v) is 3.16. The van der Waals surface area contributed by atoms with Crippen molar-refractivity contribution < 1.29 is 14.7 Å². The van der Waals surface area contributed by atoms with Crippen LogP contribution in [0.4, 0.5) is 4.79 Å². The Morgan fingerprint density at radius 2 is 2.20 bits per heavy atom. The van der Waals surface area contributed by atoms with Gasteiger partial charge in [-0.25, -0.2) is 9.59 Å². The molecule has 1 atom stereocenters. The number of nitriles is 1. The van der Waals surface area contributed by atoms with Crippen LogP contribution in [0.3, 0.4) is 0 Å². The Labute approximate surface area is 116 Å². The first-order valence-corrected chi connectivity index (χ1v) is 6.36. The number of nitrogens with one attached hydrogen (secondary N) is 2. The van der Waals surface area contributed by atoms with Crippen molar-refractivity contribution in [1.29, 1.82) is 5.26 Å². The third kappa shape index (κ3) is 3.72. The van der Waals surface area contributed by atoms with Crippen LogP contribution >= 0.6 is 0 Å². The van der Waals surface area contributed by atoms with E-state index >= 15 is 0 Å². The Morgan fingerprint density at radius 1 is 1.45 bits per heavy atom.